The number of hydrogen-bond acceptors (Lipinski definition) is 7. The van der Waals surface area contributed by atoms with Crippen LogP contribution in [0.25, 0.3) is 15.9 Å². The van der Waals surface area contributed by atoms with Crippen LogP contribution in [0.3, 0.4) is 0 Å². The minimum Gasteiger partial charge on any atom is -0.466 e. The summed E-state index contributed by atoms with van der Waals surface area (Å²) in [6, 6.07) is 9.40. The highest BCUT2D eigenvalue weighted by molar-refractivity contribution is 7.99. The molecule has 2 aromatic heterocycles. The zero-order valence-corrected chi connectivity index (χ0v) is 20.6. The van der Waals surface area contributed by atoms with Crippen LogP contribution in [-0.4, -0.2) is 51.8 Å². The van der Waals surface area contributed by atoms with Crippen molar-refractivity contribution in [3.63, 3.8) is 0 Å². The summed E-state index contributed by atoms with van der Waals surface area (Å²) in [7, 11) is 0. The van der Waals surface area contributed by atoms with Crippen LogP contribution in [0.15, 0.2) is 40.3 Å². The van der Waals surface area contributed by atoms with Crippen molar-refractivity contribution in [2.45, 2.75) is 38.8 Å². The highest BCUT2D eigenvalue weighted by atomic mass is 32.2. The van der Waals surface area contributed by atoms with Gasteiger partial charge in [-0.3, -0.25) is 19.0 Å². The summed E-state index contributed by atoms with van der Waals surface area (Å²) in [5, 5.41) is 1.15. The Bertz CT molecular complexity index is 1230. The summed E-state index contributed by atoms with van der Waals surface area (Å²) in [6.45, 7) is 7.17. The van der Waals surface area contributed by atoms with E-state index in [0.29, 0.717) is 47.9 Å². The van der Waals surface area contributed by atoms with E-state index in [1.807, 2.05) is 44.2 Å². The smallest absolute Gasteiger partial charge is 0.309 e. The predicted molar refractivity (Wildman–Crippen MR) is 131 cm³/mol. The number of ether oxygens (including phenoxy) is 1. The Morgan fingerprint density at radius 1 is 1.18 bits per heavy atom. The third-order valence-electron chi connectivity index (χ3n) is 5.98. The van der Waals surface area contributed by atoms with Gasteiger partial charge < -0.3 is 9.64 Å². The number of aryl methyl sites for hydroxylation is 2. The van der Waals surface area contributed by atoms with Crippen molar-refractivity contribution in [3.8, 4) is 5.69 Å². The number of carbonyl (C=O) groups is 2. The molecule has 1 amide bonds. The van der Waals surface area contributed by atoms with Crippen LogP contribution in [0.2, 0.25) is 0 Å². The van der Waals surface area contributed by atoms with Gasteiger partial charge in [0.25, 0.3) is 5.56 Å². The van der Waals surface area contributed by atoms with Gasteiger partial charge in [0.2, 0.25) is 5.91 Å². The van der Waals surface area contributed by atoms with Crippen LogP contribution < -0.4 is 5.56 Å². The second kappa shape index (κ2) is 10.1. The van der Waals surface area contributed by atoms with Crippen LogP contribution in [0, 0.1) is 19.8 Å². The maximum absolute atomic E-state index is 13.5. The third kappa shape index (κ3) is 4.84. The zero-order valence-electron chi connectivity index (χ0n) is 19.0. The molecule has 0 spiro atoms. The van der Waals surface area contributed by atoms with Crippen LogP contribution in [0.1, 0.15) is 30.2 Å². The lowest BCUT2D eigenvalue weighted by atomic mass is 9.97. The second-order valence-electron chi connectivity index (χ2n) is 8.03. The fourth-order valence-electron chi connectivity index (χ4n) is 4.02. The van der Waals surface area contributed by atoms with Crippen LogP contribution in [0.5, 0.6) is 0 Å². The lowest BCUT2D eigenvalue weighted by Gasteiger charge is -2.30. The van der Waals surface area contributed by atoms with Gasteiger partial charge in [-0.25, -0.2) is 4.98 Å². The van der Waals surface area contributed by atoms with Gasteiger partial charge in [-0.2, -0.15) is 0 Å². The molecule has 0 saturated carbocycles. The number of thiophene rings is 1. The van der Waals surface area contributed by atoms with E-state index < -0.39 is 0 Å². The van der Waals surface area contributed by atoms with Crippen molar-refractivity contribution in [2.24, 2.45) is 5.92 Å². The van der Waals surface area contributed by atoms with Crippen LogP contribution in [-0.2, 0) is 14.3 Å². The van der Waals surface area contributed by atoms with E-state index in [9.17, 15) is 14.4 Å². The number of hydrogen-bond donors (Lipinski definition) is 0. The molecule has 1 aromatic carbocycles. The molecule has 1 fully saturated rings. The molecule has 174 valence electrons. The molecule has 4 rings (SSSR count). The Balaban J connectivity index is 1.55. The van der Waals surface area contributed by atoms with Gasteiger partial charge in [-0.05, 0) is 51.3 Å². The molecule has 33 heavy (non-hydrogen) atoms. The highest BCUT2D eigenvalue weighted by Gasteiger charge is 2.28. The van der Waals surface area contributed by atoms with Gasteiger partial charge >= 0.3 is 5.97 Å². The molecule has 7 nitrogen and oxygen atoms in total. The van der Waals surface area contributed by atoms with Crippen LogP contribution in [0.4, 0.5) is 0 Å². The summed E-state index contributed by atoms with van der Waals surface area (Å²) >= 11 is 2.78. The molecule has 1 aliphatic heterocycles. The first-order valence-corrected chi connectivity index (χ1v) is 12.9. The van der Waals surface area contributed by atoms with E-state index in [4.69, 9.17) is 9.72 Å². The van der Waals surface area contributed by atoms with Crippen molar-refractivity contribution in [1.29, 1.82) is 0 Å². The number of benzene rings is 1. The van der Waals surface area contributed by atoms with E-state index >= 15 is 0 Å². The number of aromatic nitrogens is 2. The normalized spacial score (nSPS) is 14.6. The molecule has 3 aromatic rings. The Kier molecular flexibility index (Phi) is 7.19. The summed E-state index contributed by atoms with van der Waals surface area (Å²) in [6.07, 6.45) is 1.23. The van der Waals surface area contributed by atoms with E-state index in [-0.39, 0.29) is 29.1 Å². The lowest BCUT2D eigenvalue weighted by molar-refractivity contribution is -0.151. The summed E-state index contributed by atoms with van der Waals surface area (Å²) in [5.74, 6) is -0.156. The van der Waals surface area contributed by atoms with E-state index in [2.05, 4.69) is 0 Å². The van der Waals surface area contributed by atoms with E-state index in [1.54, 1.807) is 16.4 Å². The highest BCUT2D eigenvalue weighted by Crippen LogP contribution is 2.30. The van der Waals surface area contributed by atoms with Crippen molar-refractivity contribution in [2.75, 3.05) is 25.4 Å². The monoisotopic (exact) mass is 485 g/mol. The Labute approximate surface area is 200 Å². The molecule has 0 N–H and O–H groups in total. The number of esters is 1. The van der Waals surface area contributed by atoms with Gasteiger partial charge in [0.05, 0.1) is 29.4 Å². The van der Waals surface area contributed by atoms with Crippen molar-refractivity contribution >= 4 is 45.2 Å². The number of amides is 1. The topological polar surface area (TPSA) is 81.5 Å². The molecule has 3 heterocycles. The number of nitrogens with zero attached hydrogens (tertiary/aromatic N) is 3. The minimum absolute atomic E-state index is 0.0187. The largest absolute Gasteiger partial charge is 0.466 e. The first-order chi connectivity index (χ1) is 15.9. The molecule has 0 bridgehead atoms. The van der Waals surface area contributed by atoms with Gasteiger partial charge in [-0.15, -0.1) is 11.3 Å². The maximum Gasteiger partial charge on any atom is 0.309 e. The Hall–Kier alpha value is -2.65. The van der Waals surface area contributed by atoms with Gasteiger partial charge in [0.1, 0.15) is 4.83 Å². The molecule has 0 unspecified atom stereocenters. The number of thioether (sulfide) groups is 1. The molecular formula is C24H27N3O4S2. The quantitative estimate of drug-likeness (QED) is 0.299. The van der Waals surface area contributed by atoms with Crippen molar-refractivity contribution in [1.82, 2.24) is 14.5 Å². The standard InChI is InChI=1S/C24H27N3O4S2/c1-4-31-23(30)17-10-12-26(13-11-17)19(28)14-32-24-25-21-20(15(2)16(3)33-21)22(29)27(24)18-8-6-5-7-9-18/h5-9,17H,4,10-14H2,1-3H3. The van der Waals surface area contributed by atoms with Crippen LogP contribution >= 0.6 is 23.1 Å². The van der Waals surface area contributed by atoms with Gasteiger partial charge in [0, 0.05) is 18.0 Å². The third-order valence-corrected chi connectivity index (χ3v) is 8.00. The second-order valence-corrected chi connectivity index (χ2v) is 10.2. The summed E-state index contributed by atoms with van der Waals surface area (Å²) in [5.41, 5.74) is 1.57. The Morgan fingerprint density at radius 3 is 2.55 bits per heavy atom. The molecule has 1 saturated heterocycles. The molecular weight excluding hydrogens is 458 g/mol. The van der Waals surface area contributed by atoms with Crippen molar-refractivity contribution in [3.05, 3.63) is 51.1 Å². The number of carbonyl (C=O) groups excluding carboxylic acids is 2. The minimum atomic E-state index is -0.176. The molecule has 0 radical (unpaired) electrons. The Morgan fingerprint density at radius 2 is 1.88 bits per heavy atom. The molecule has 1 aliphatic rings. The summed E-state index contributed by atoms with van der Waals surface area (Å²) in [4.78, 5) is 46.6. The molecule has 0 aliphatic carbocycles. The average molecular weight is 486 g/mol. The SMILES string of the molecule is CCOC(=O)C1CCN(C(=O)CSc2nc3sc(C)c(C)c3c(=O)n2-c2ccccc2)CC1. The number of likely N-dealkylation sites (tertiary alicyclic amines) is 1. The number of fused-ring (bicyclic) bond motifs is 1. The van der Waals surface area contributed by atoms with Gasteiger partial charge in [-0.1, -0.05) is 30.0 Å². The average Bonchev–Trinajstić information content (AvgIpc) is 3.11. The predicted octanol–water partition coefficient (Wildman–Crippen LogP) is 3.96. The lowest BCUT2D eigenvalue weighted by Crippen LogP contribution is -2.41. The fraction of sp³-hybridized carbons (Fsp3) is 0.417. The van der Waals surface area contributed by atoms with Crippen molar-refractivity contribution < 1.29 is 14.3 Å². The molecule has 0 atom stereocenters. The zero-order chi connectivity index (χ0) is 23.5. The first kappa shape index (κ1) is 23.5. The van der Waals surface area contributed by atoms with E-state index in [1.165, 1.54) is 23.1 Å². The first-order valence-electron chi connectivity index (χ1n) is 11.1. The fourth-order valence-corrected chi connectivity index (χ4v) is 6.00. The van der Waals surface area contributed by atoms with Gasteiger partial charge in [0.15, 0.2) is 5.16 Å². The maximum atomic E-state index is 13.5. The number of rotatable bonds is 6. The summed E-state index contributed by atoms with van der Waals surface area (Å²) < 4.78 is 6.71. The number of piperidine rings is 1. The molecule has 9 heteroatoms. The van der Waals surface area contributed by atoms with E-state index in [0.717, 1.165) is 16.1 Å². The number of para-hydroxylation sites is 1.